The monoisotopic (exact) mass is 346 g/mol. The number of hydrogen-bond donors (Lipinski definition) is 0. The highest BCUT2D eigenvalue weighted by atomic mass is 32.2. The van der Waals surface area contributed by atoms with Crippen LogP contribution in [0.1, 0.15) is 11.1 Å². The van der Waals surface area contributed by atoms with Crippen LogP contribution in [0.2, 0.25) is 0 Å². The fourth-order valence-electron chi connectivity index (χ4n) is 2.36. The summed E-state index contributed by atoms with van der Waals surface area (Å²) in [5.41, 5.74) is 1.48. The van der Waals surface area contributed by atoms with Crippen molar-refractivity contribution in [1.29, 1.82) is 0 Å². The number of sulfonamides is 1. The number of rotatable bonds is 6. The molecule has 0 saturated carbocycles. The average Bonchev–Trinajstić information content (AvgIpc) is 2.53. The van der Waals surface area contributed by atoms with Crippen LogP contribution in [0.15, 0.2) is 60.0 Å². The normalized spacial score (nSPS) is 11.1. The van der Waals surface area contributed by atoms with Crippen molar-refractivity contribution in [3.8, 4) is 0 Å². The van der Waals surface area contributed by atoms with Gasteiger partial charge in [-0.05, 0) is 31.5 Å². The summed E-state index contributed by atoms with van der Waals surface area (Å²) in [6.07, 6.45) is 1.48. The Morgan fingerprint density at radius 1 is 1.17 bits per heavy atom. The first-order chi connectivity index (χ1) is 11.3. The molecular weight excluding hydrogens is 328 g/mol. The molecule has 0 amide bonds. The van der Waals surface area contributed by atoms with Crippen molar-refractivity contribution in [2.75, 3.05) is 10.8 Å². The number of anilines is 1. The molecule has 0 unspecified atom stereocenters. The molecule has 0 saturated heterocycles. The summed E-state index contributed by atoms with van der Waals surface area (Å²) in [4.78, 5) is 10.4. The predicted molar refractivity (Wildman–Crippen MR) is 93.7 cm³/mol. The van der Waals surface area contributed by atoms with E-state index in [4.69, 9.17) is 0 Å². The van der Waals surface area contributed by atoms with Crippen molar-refractivity contribution in [3.63, 3.8) is 0 Å². The molecule has 0 aromatic heterocycles. The maximum atomic E-state index is 13.0. The predicted octanol–water partition coefficient (Wildman–Crippen LogP) is 3.59. The van der Waals surface area contributed by atoms with E-state index in [-0.39, 0.29) is 17.1 Å². The average molecular weight is 346 g/mol. The van der Waals surface area contributed by atoms with Gasteiger partial charge in [0.2, 0.25) is 0 Å². The lowest BCUT2D eigenvalue weighted by atomic mass is 10.2. The minimum absolute atomic E-state index is 0.0643. The standard InChI is InChI=1S/C17H18N2O4S/c1-4-11-18(16-8-6-5-7-13(16)2)24(22,23)15-10-9-14(3)17(12-15)19(20)21/h4-10,12H,1,11H2,2-3H3. The van der Waals surface area contributed by atoms with Gasteiger partial charge in [0.05, 0.1) is 22.1 Å². The van der Waals surface area contributed by atoms with E-state index in [2.05, 4.69) is 6.58 Å². The SMILES string of the molecule is C=CCN(c1ccccc1C)S(=O)(=O)c1ccc(C)c([N+](=O)[O-])c1. The van der Waals surface area contributed by atoms with Crippen LogP contribution in [-0.2, 0) is 10.0 Å². The highest BCUT2D eigenvalue weighted by Crippen LogP contribution is 2.29. The molecule has 2 rings (SSSR count). The topological polar surface area (TPSA) is 80.5 Å². The van der Waals surface area contributed by atoms with E-state index < -0.39 is 14.9 Å². The molecule has 24 heavy (non-hydrogen) atoms. The van der Waals surface area contributed by atoms with Crippen LogP contribution in [0.25, 0.3) is 0 Å². The molecule has 2 aromatic carbocycles. The van der Waals surface area contributed by atoms with Crippen molar-refractivity contribution in [2.24, 2.45) is 0 Å². The first-order valence-corrected chi connectivity index (χ1v) is 8.67. The van der Waals surface area contributed by atoms with Gasteiger partial charge in [-0.1, -0.05) is 30.3 Å². The molecule has 0 fully saturated rings. The number of nitrogens with zero attached hydrogens (tertiary/aromatic N) is 2. The van der Waals surface area contributed by atoms with Crippen LogP contribution in [0, 0.1) is 24.0 Å². The Hall–Kier alpha value is -2.67. The van der Waals surface area contributed by atoms with Crippen molar-refractivity contribution >= 4 is 21.4 Å². The summed E-state index contributed by atoms with van der Waals surface area (Å²) >= 11 is 0. The van der Waals surface area contributed by atoms with Crippen LogP contribution in [0.5, 0.6) is 0 Å². The second-order valence-corrected chi connectivity index (χ2v) is 7.18. The van der Waals surface area contributed by atoms with Gasteiger partial charge < -0.3 is 0 Å². The lowest BCUT2D eigenvalue weighted by Crippen LogP contribution is -2.31. The van der Waals surface area contributed by atoms with E-state index >= 15 is 0 Å². The van der Waals surface area contributed by atoms with Crippen LogP contribution in [-0.4, -0.2) is 19.9 Å². The Kier molecular flexibility index (Phi) is 5.04. The molecule has 6 nitrogen and oxygen atoms in total. The third-order valence-electron chi connectivity index (χ3n) is 3.64. The smallest absolute Gasteiger partial charge is 0.262 e. The summed E-state index contributed by atoms with van der Waals surface area (Å²) in [7, 11) is -3.95. The Morgan fingerprint density at radius 2 is 1.83 bits per heavy atom. The second-order valence-electron chi connectivity index (χ2n) is 5.32. The van der Waals surface area contributed by atoms with Gasteiger partial charge in [0, 0.05) is 11.6 Å². The van der Waals surface area contributed by atoms with Crippen LogP contribution in [0.3, 0.4) is 0 Å². The van der Waals surface area contributed by atoms with Crippen LogP contribution >= 0.6 is 0 Å². The van der Waals surface area contributed by atoms with Gasteiger partial charge in [0.25, 0.3) is 15.7 Å². The lowest BCUT2D eigenvalue weighted by molar-refractivity contribution is -0.385. The molecule has 2 aromatic rings. The van der Waals surface area contributed by atoms with E-state index in [1.54, 1.807) is 32.0 Å². The summed E-state index contributed by atoms with van der Waals surface area (Å²) in [5.74, 6) is 0. The largest absolute Gasteiger partial charge is 0.273 e. The van der Waals surface area contributed by atoms with E-state index in [1.165, 1.54) is 22.5 Å². The maximum absolute atomic E-state index is 13.0. The van der Waals surface area contributed by atoms with Gasteiger partial charge in [-0.25, -0.2) is 8.42 Å². The zero-order valence-electron chi connectivity index (χ0n) is 13.5. The minimum Gasteiger partial charge on any atom is -0.262 e. The Morgan fingerprint density at radius 3 is 2.42 bits per heavy atom. The molecule has 0 aliphatic rings. The molecule has 126 valence electrons. The molecule has 0 heterocycles. The van der Waals surface area contributed by atoms with Crippen molar-refractivity contribution in [1.82, 2.24) is 0 Å². The maximum Gasteiger partial charge on any atom is 0.273 e. The van der Waals surface area contributed by atoms with E-state index in [9.17, 15) is 18.5 Å². The molecule has 0 atom stereocenters. The van der Waals surface area contributed by atoms with E-state index in [0.29, 0.717) is 11.3 Å². The Labute approximate surface area is 141 Å². The number of benzene rings is 2. The molecule has 0 bridgehead atoms. The van der Waals surface area contributed by atoms with Gasteiger partial charge >= 0.3 is 0 Å². The number of para-hydroxylation sites is 1. The zero-order chi connectivity index (χ0) is 17.9. The lowest BCUT2D eigenvalue weighted by Gasteiger charge is -2.24. The van der Waals surface area contributed by atoms with Crippen LogP contribution < -0.4 is 4.31 Å². The number of nitro benzene ring substituents is 1. The third-order valence-corrected chi connectivity index (χ3v) is 5.42. The summed E-state index contributed by atoms with van der Waals surface area (Å²) in [6.45, 7) is 7.04. The van der Waals surface area contributed by atoms with Gasteiger partial charge in [-0.2, -0.15) is 0 Å². The number of hydrogen-bond acceptors (Lipinski definition) is 4. The van der Waals surface area contributed by atoms with Crippen LogP contribution in [0.4, 0.5) is 11.4 Å². The van der Waals surface area contributed by atoms with Gasteiger partial charge in [0.1, 0.15) is 0 Å². The third kappa shape index (κ3) is 3.30. The summed E-state index contributed by atoms with van der Waals surface area (Å²) in [6, 6.07) is 11.0. The molecule has 7 heteroatoms. The van der Waals surface area contributed by atoms with E-state index in [0.717, 1.165) is 11.6 Å². The number of nitro groups is 1. The molecule has 0 N–H and O–H groups in total. The number of aryl methyl sites for hydroxylation is 2. The van der Waals surface area contributed by atoms with Crippen molar-refractivity contribution in [3.05, 3.63) is 76.4 Å². The quantitative estimate of drug-likeness (QED) is 0.455. The fraction of sp³-hybridized carbons (Fsp3) is 0.176. The second kappa shape index (κ2) is 6.84. The molecule has 0 aliphatic heterocycles. The Bertz CT molecular complexity index is 891. The first kappa shape index (κ1) is 17.7. The fourth-order valence-corrected chi connectivity index (χ4v) is 3.88. The highest BCUT2D eigenvalue weighted by molar-refractivity contribution is 7.92. The van der Waals surface area contributed by atoms with Crippen molar-refractivity contribution < 1.29 is 13.3 Å². The molecule has 0 aliphatic carbocycles. The summed E-state index contributed by atoms with van der Waals surface area (Å²) < 4.78 is 27.2. The highest BCUT2D eigenvalue weighted by Gasteiger charge is 2.27. The summed E-state index contributed by atoms with van der Waals surface area (Å²) in [5, 5.41) is 11.1. The van der Waals surface area contributed by atoms with Gasteiger partial charge in [-0.3, -0.25) is 14.4 Å². The molecule has 0 radical (unpaired) electrons. The Balaban J connectivity index is 2.62. The van der Waals surface area contributed by atoms with Gasteiger partial charge in [-0.15, -0.1) is 6.58 Å². The molecule has 0 spiro atoms. The molecular formula is C17H18N2O4S. The zero-order valence-corrected chi connectivity index (χ0v) is 14.3. The van der Waals surface area contributed by atoms with Gasteiger partial charge in [0.15, 0.2) is 0 Å². The first-order valence-electron chi connectivity index (χ1n) is 7.23. The van der Waals surface area contributed by atoms with Crippen molar-refractivity contribution in [2.45, 2.75) is 18.7 Å². The minimum atomic E-state index is -3.95. The van der Waals surface area contributed by atoms with E-state index in [1.807, 2.05) is 6.07 Å².